The highest BCUT2D eigenvalue weighted by molar-refractivity contribution is 6.32. The molecule has 8 nitrogen and oxygen atoms in total. The average Bonchev–Trinajstić information content (AvgIpc) is 3.03. The molecule has 0 radical (unpaired) electrons. The van der Waals surface area contributed by atoms with E-state index in [1.807, 2.05) is 19.1 Å². The van der Waals surface area contributed by atoms with Crippen LogP contribution in [-0.4, -0.2) is 36.3 Å². The van der Waals surface area contributed by atoms with Crippen molar-refractivity contribution in [3.8, 4) is 16.9 Å². The predicted molar refractivity (Wildman–Crippen MR) is 84.8 cm³/mol. The van der Waals surface area contributed by atoms with E-state index in [2.05, 4.69) is 25.5 Å². The first kappa shape index (κ1) is 15.2. The van der Waals surface area contributed by atoms with Crippen molar-refractivity contribution in [2.75, 3.05) is 5.73 Å². The number of halogens is 1. The number of aromatic nitrogens is 6. The third-order valence-electron chi connectivity index (χ3n) is 3.10. The van der Waals surface area contributed by atoms with Gasteiger partial charge in [0.15, 0.2) is 0 Å². The van der Waals surface area contributed by atoms with Crippen LogP contribution in [-0.2, 0) is 6.54 Å². The monoisotopic (exact) mass is 331 g/mol. The van der Waals surface area contributed by atoms with Crippen molar-refractivity contribution in [2.45, 2.75) is 19.6 Å². The molecular formula is C14H14ClN7O. The van der Waals surface area contributed by atoms with Gasteiger partial charge in [-0.2, -0.15) is 0 Å². The van der Waals surface area contributed by atoms with Crippen molar-refractivity contribution in [1.29, 1.82) is 0 Å². The van der Waals surface area contributed by atoms with Gasteiger partial charge in [-0.05, 0) is 35.0 Å². The van der Waals surface area contributed by atoms with Crippen molar-refractivity contribution in [3.63, 3.8) is 0 Å². The maximum atomic E-state index is 6.21. The summed E-state index contributed by atoms with van der Waals surface area (Å²) >= 11 is 6.21. The second kappa shape index (κ2) is 6.57. The first-order valence-electron chi connectivity index (χ1n) is 6.86. The van der Waals surface area contributed by atoms with Gasteiger partial charge in [0.2, 0.25) is 5.95 Å². The number of nitrogen functional groups attached to an aromatic ring is 1. The highest BCUT2D eigenvalue weighted by Gasteiger charge is 2.11. The summed E-state index contributed by atoms with van der Waals surface area (Å²) in [6.07, 6.45) is 4.68. The third kappa shape index (κ3) is 3.72. The Kier molecular flexibility index (Phi) is 4.33. The highest BCUT2D eigenvalue weighted by atomic mass is 35.5. The molecule has 23 heavy (non-hydrogen) atoms. The van der Waals surface area contributed by atoms with Crippen LogP contribution in [0.15, 0.2) is 36.9 Å². The highest BCUT2D eigenvalue weighted by Crippen LogP contribution is 2.31. The Labute approximate surface area is 137 Å². The van der Waals surface area contributed by atoms with Gasteiger partial charge in [-0.1, -0.05) is 17.7 Å². The van der Waals surface area contributed by atoms with Crippen molar-refractivity contribution in [3.05, 3.63) is 41.9 Å². The molecule has 2 heterocycles. The first-order chi connectivity index (χ1) is 11.1. The number of nitrogens with zero attached hydrogens (tertiary/aromatic N) is 6. The van der Waals surface area contributed by atoms with Crippen molar-refractivity contribution in [2.24, 2.45) is 0 Å². The molecule has 0 aliphatic rings. The molecule has 1 atom stereocenters. The fourth-order valence-corrected chi connectivity index (χ4v) is 2.20. The molecule has 118 valence electrons. The summed E-state index contributed by atoms with van der Waals surface area (Å²) in [6.45, 7) is 2.43. The molecule has 0 fully saturated rings. The molecule has 1 aromatic carbocycles. The Morgan fingerprint density at radius 2 is 2.04 bits per heavy atom. The largest absolute Gasteiger partial charge is 0.487 e. The second-order valence-electron chi connectivity index (χ2n) is 4.94. The number of hydrogen-bond acceptors (Lipinski definition) is 7. The van der Waals surface area contributed by atoms with Gasteiger partial charge in [0.05, 0.1) is 11.6 Å². The van der Waals surface area contributed by atoms with E-state index in [1.54, 1.807) is 23.1 Å². The van der Waals surface area contributed by atoms with Crippen molar-refractivity contribution < 1.29 is 4.74 Å². The summed E-state index contributed by atoms with van der Waals surface area (Å²) in [5.74, 6) is 0.802. The van der Waals surface area contributed by atoms with Gasteiger partial charge >= 0.3 is 0 Å². The van der Waals surface area contributed by atoms with Gasteiger partial charge in [0.25, 0.3) is 0 Å². The molecule has 0 bridgehead atoms. The molecular weight excluding hydrogens is 318 g/mol. The lowest BCUT2D eigenvalue weighted by atomic mass is 10.1. The van der Waals surface area contributed by atoms with Crippen LogP contribution in [0.3, 0.4) is 0 Å². The maximum Gasteiger partial charge on any atom is 0.219 e. The second-order valence-corrected chi connectivity index (χ2v) is 5.34. The molecule has 0 aliphatic carbocycles. The lowest BCUT2D eigenvalue weighted by Gasteiger charge is -2.16. The van der Waals surface area contributed by atoms with E-state index >= 15 is 0 Å². The Morgan fingerprint density at radius 1 is 1.26 bits per heavy atom. The quantitative estimate of drug-likeness (QED) is 0.760. The van der Waals surface area contributed by atoms with Crippen LogP contribution in [0.1, 0.15) is 6.92 Å². The fraction of sp³-hybridized carbons (Fsp3) is 0.214. The number of tetrazole rings is 1. The molecule has 2 N–H and O–H groups in total. The van der Waals surface area contributed by atoms with E-state index in [0.29, 0.717) is 17.3 Å². The van der Waals surface area contributed by atoms with Crippen molar-refractivity contribution >= 4 is 17.5 Å². The molecule has 0 saturated carbocycles. The molecule has 2 aromatic heterocycles. The minimum Gasteiger partial charge on any atom is -0.487 e. The molecule has 0 aliphatic heterocycles. The van der Waals surface area contributed by atoms with Gasteiger partial charge in [-0.25, -0.2) is 14.6 Å². The molecule has 3 aromatic rings. The topological polar surface area (TPSA) is 105 Å². The normalized spacial score (nSPS) is 12.1. The number of rotatable bonds is 5. The molecule has 0 unspecified atom stereocenters. The fourth-order valence-electron chi connectivity index (χ4n) is 2.04. The maximum absolute atomic E-state index is 6.21. The smallest absolute Gasteiger partial charge is 0.219 e. The number of nitrogens with two attached hydrogens (primary N) is 1. The summed E-state index contributed by atoms with van der Waals surface area (Å²) in [7, 11) is 0. The van der Waals surface area contributed by atoms with E-state index in [4.69, 9.17) is 22.1 Å². The first-order valence-corrected chi connectivity index (χ1v) is 7.24. The van der Waals surface area contributed by atoms with Crippen molar-refractivity contribution in [1.82, 2.24) is 30.2 Å². The Balaban J connectivity index is 1.78. The van der Waals surface area contributed by atoms with Gasteiger partial charge in [0.1, 0.15) is 18.2 Å². The minimum absolute atomic E-state index is 0.158. The number of hydrogen-bond donors (Lipinski definition) is 1. The van der Waals surface area contributed by atoms with E-state index < -0.39 is 0 Å². The van der Waals surface area contributed by atoms with E-state index in [9.17, 15) is 0 Å². The summed E-state index contributed by atoms with van der Waals surface area (Å²) in [6, 6.07) is 5.48. The minimum atomic E-state index is -0.158. The van der Waals surface area contributed by atoms with E-state index in [1.165, 1.54) is 6.33 Å². The van der Waals surface area contributed by atoms with Gasteiger partial charge in [-0.15, -0.1) is 5.10 Å². The zero-order valence-electron chi connectivity index (χ0n) is 12.3. The SMILES string of the molecule is C[C@@H](Cn1cnnn1)Oc1cc(-c2cnc(N)nc2)ccc1Cl. The Morgan fingerprint density at radius 3 is 2.74 bits per heavy atom. The Hall–Kier alpha value is -2.74. The van der Waals surface area contributed by atoms with Crippen LogP contribution in [0.2, 0.25) is 5.02 Å². The number of ether oxygens (including phenoxy) is 1. The standard InChI is InChI=1S/C14H14ClN7O/c1-9(7-22-8-19-20-21-22)23-13-4-10(2-3-12(13)15)11-5-17-14(16)18-6-11/h2-6,8-9H,7H2,1H3,(H2,16,17,18)/t9-/m0/s1. The summed E-state index contributed by atoms with van der Waals surface area (Å²) < 4.78 is 7.48. The molecule has 0 amide bonds. The Bertz CT molecular complexity index is 776. The lowest BCUT2D eigenvalue weighted by molar-refractivity contribution is 0.193. The zero-order chi connectivity index (χ0) is 16.2. The van der Waals surface area contributed by atoms with E-state index in [0.717, 1.165) is 11.1 Å². The third-order valence-corrected chi connectivity index (χ3v) is 3.41. The zero-order valence-corrected chi connectivity index (χ0v) is 13.1. The predicted octanol–water partition coefficient (Wildman–Crippen LogP) is 1.83. The van der Waals surface area contributed by atoms with Crippen LogP contribution in [0.25, 0.3) is 11.1 Å². The molecule has 0 spiro atoms. The van der Waals surface area contributed by atoms with Gasteiger partial charge in [-0.3, -0.25) is 0 Å². The lowest BCUT2D eigenvalue weighted by Crippen LogP contribution is -2.20. The van der Waals surface area contributed by atoms with Gasteiger partial charge < -0.3 is 10.5 Å². The van der Waals surface area contributed by atoms with E-state index in [-0.39, 0.29) is 12.1 Å². The molecule has 0 saturated heterocycles. The van der Waals surface area contributed by atoms with Crippen LogP contribution >= 0.6 is 11.6 Å². The molecule has 3 rings (SSSR count). The van der Waals surface area contributed by atoms with Crippen LogP contribution in [0, 0.1) is 0 Å². The average molecular weight is 332 g/mol. The summed E-state index contributed by atoms with van der Waals surface area (Å²) in [5.41, 5.74) is 7.22. The summed E-state index contributed by atoms with van der Waals surface area (Å²) in [5, 5.41) is 11.5. The van der Waals surface area contributed by atoms with Crippen LogP contribution < -0.4 is 10.5 Å². The number of benzene rings is 1. The molecule has 9 heteroatoms. The number of anilines is 1. The van der Waals surface area contributed by atoms with Crippen LogP contribution in [0.4, 0.5) is 5.95 Å². The van der Waals surface area contributed by atoms with Gasteiger partial charge in [0, 0.05) is 18.0 Å². The van der Waals surface area contributed by atoms with Crippen LogP contribution in [0.5, 0.6) is 5.75 Å². The summed E-state index contributed by atoms with van der Waals surface area (Å²) in [4.78, 5) is 7.97.